The molecule has 17 aromatic carbocycles. The monoisotopic (exact) mass is 1490 g/mol. The highest BCUT2D eigenvalue weighted by molar-refractivity contribution is 8.00. The topological polar surface area (TPSA) is 8.17 Å². The van der Waals surface area contributed by atoms with Crippen molar-refractivity contribution in [2.75, 3.05) is 4.90 Å². The van der Waals surface area contributed by atoms with Gasteiger partial charge in [-0.3, -0.25) is 0 Å². The molecular weight excluding hydrogens is 1400 g/mol. The summed E-state index contributed by atoms with van der Waals surface area (Å²) in [4.78, 5) is 4.16. The molecule has 6 heteroatoms. The summed E-state index contributed by atoms with van der Waals surface area (Å²) in [6, 6.07) is 119. The van der Waals surface area contributed by atoms with Gasteiger partial charge in [-0.2, -0.15) is 0 Å². The van der Waals surface area contributed by atoms with E-state index in [0.717, 1.165) is 76.4 Å². The Morgan fingerprint density at radius 2 is 0.696 bits per heavy atom. The molecule has 0 aliphatic carbocycles. The van der Waals surface area contributed by atoms with E-state index in [-0.39, 0.29) is 39.5 Å². The summed E-state index contributed by atoms with van der Waals surface area (Å²) >= 11 is 1.72. The molecule has 0 fully saturated rings. The van der Waals surface area contributed by atoms with Crippen molar-refractivity contribution in [2.24, 2.45) is 0 Å². The molecule has 0 N–H and O–H groups in total. The molecule has 0 spiro atoms. The smallest absolute Gasteiger partial charge is 0.249 e. The number of anilines is 3. The second-order valence-electron chi connectivity index (χ2n) is 30.1. The second-order valence-corrected chi connectivity index (χ2v) is 38.8. The van der Waals surface area contributed by atoms with Gasteiger partial charge in [-0.05, 0) is 180 Å². The molecule has 0 radical (unpaired) electrons. The summed E-state index contributed by atoms with van der Waals surface area (Å²) in [6.07, 6.45) is 0. The van der Waals surface area contributed by atoms with E-state index in [1.54, 1.807) is 16.3 Å². The molecule has 3 heterocycles. The largest absolute Gasteiger partial charge is 0.311 e. The van der Waals surface area contributed by atoms with Crippen LogP contribution in [0.5, 0.6) is 0 Å². The highest BCUT2D eigenvalue weighted by Gasteiger charge is 2.48. The van der Waals surface area contributed by atoms with Crippen LogP contribution in [-0.2, 0) is 5.41 Å². The lowest BCUT2D eigenvalue weighted by atomic mass is 9.34. The van der Waals surface area contributed by atoms with Crippen LogP contribution in [0, 0.1) is 0 Å². The van der Waals surface area contributed by atoms with Crippen molar-refractivity contribution in [2.45, 2.75) is 36.0 Å². The number of fused-ring (bicyclic) bond motifs is 7. The van der Waals surface area contributed by atoms with Crippen LogP contribution >= 0.6 is 11.8 Å². The molecule has 530 valence electrons. The van der Waals surface area contributed by atoms with Gasteiger partial charge in [0.2, 0.25) is 6.71 Å². The van der Waals surface area contributed by atoms with Crippen LogP contribution in [0.25, 0.3) is 83.1 Å². The van der Waals surface area contributed by atoms with E-state index in [1.807, 2.05) is 66.7 Å². The van der Waals surface area contributed by atoms with Crippen molar-refractivity contribution in [3.05, 3.63) is 430 Å². The quantitative estimate of drug-likeness (QED) is 0.0747. The van der Waals surface area contributed by atoms with Crippen molar-refractivity contribution < 1.29 is 17.8 Å². The fourth-order valence-corrected chi connectivity index (χ4v) is 28.7. The number of benzene rings is 17. The van der Waals surface area contributed by atoms with Crippen molar-refractivity contribution in [3.63, 3.8) is 0 Å². The van der Waals surface area contributed by atoms with Gasteiger partial charge in [0.1, 0.15) is 0 Å². The van der Waals surface area contributed by atoms with E-state index in [2.05, 4.69) is 305 Å². The fourth-order valence-electron chi connectivity index (χ4n) is 17.6. The zero-order chi connectivity index (χ0) is 86.2. The van der Waals surface area contributed by atoms with Crippen molar-refractivity contribution >= 4 is 131 Å². The molecule has 20 rings (SSSR count). The van der Waals surface area contributed by atoms with Gasteiger partial charge in [-0.1, -0.05) is 402 Å². The molecule has 2 nitrogen and oxygen atoms in total. The van der Waals surface area contributed by atoms with Gasteiger partial charge in [0.15, 0.2) is 16.1 Å². The molecule has 0 saturated heterocycles. The van der Waals surface area contributed by atoms with Gasteiger partial charge < -0.3 is 9.47 Å². The molecule has 1 aromatic heterocycles. The summed E-state index contributed by atoms with van der Waals surface area (Å²) in [5.41, 5.74) is 13.8. The van der Waals surface area contributed by atoms with Gasteiger partial charge in [0.05, 0.1) is 28.9 Å². The molecule has 18 aromatic rings. The highest BCUT2D eigenvalue weighted by atomic mass is 32.2. The molecule has 0 bridgehead atoms. The number of hydrogen-bond acceptors (Lipinski definition) is 2. The summed E-state index contributed by atoms with van der Waals surface area (Å²) in [5, 5.41) is 9.60. The maximum atomic E-state index is 9.77. The Morgan fingerprint density at radius 3 is 1.20 bits per heavy atom. The Balaban J connectivity index is 0.893. The Labute approximate surface area is 681 Å². The third-order valence-corrected chi connectivity index (χ3v) is 33.3. The number of rotatable bonds is 15. The highest BCUT2D eigenvalue weighted by Crippen LogP contribution is 2.48. The van der Waals surface area contributed by atoms with E-state index in [1.165, 1.54) is 41.5 Å². The summed E-state index contributed by atoms with van der Waals surface area (Å²) < 4.78 is 123. The zero-order valence-corrected chi connectivity index (χ0v) is 64.6. The van der Waals surface area contributed by atoms with E-state index in [9.17, 15) is 11.0 Å². The average molecular weight is 1490 g/mol. The predicted molar refractivity (Wildman–Crippen MR) is 484 cm³/mol. The maximum Gasteiger partial charge on any atom is 0.249 e. The summed E-state index contributed by atoms with van der Waals surface area (Å²) in [5.74, 6) is 0. The van der Waals surface area contributed by atoms with E-state index >= 15 is 0 Å². The third-order valence-electron chi connectivity index (χ3n) is 22.8. The van der Waals surface area contributed by atoms with E-state index in [0.29, 0.717) is 28.2 Å². The Kier molecular flexibility index (Phi) is 14.0. The minimum Gasteiger partial charge on any atom is -0.311 e. The van der Waals surface area contributed by atoms with Crippen LogP contribution in [0.3, 0.4) is 0 Å². The SMILES string of the molecule is [2H]c1c([2H])c([2H])c(-c2cc(-c3ccccc3)cc(N3c4cc(-n5c6c([2H])c([2H])c([2H])c([2H])c6c6c([2H])c([2H])c([2H])c([2H])c65)ccc4B4c5ccc(-c6cc([Si](c7ccccc7)(c7ccccc7)c7cccc(-c8ccccc8)c7)cc([Si](c7ccccc7)(c7ccccc7)c7cccc(-c8ccccc8)c7)c6)cc5Sc5cc(C(C)(C)C)cc3c54)c2)c([2H])c1[2H]. The van der Waals surface area contributed by atoms with E-state index < -0.39 is 94.7 Å². The van der Waals surface area contributed by atoms with Gasteiger partial charge in [0, 0.05) is 43.3 Å². The molecule has 0 saturated carbocycles. The molecular formula is C106H79BN2SSi2. The Morgan fingerprint density at radius 1 is 0.286 bits per heavy atom. The second kappa shape index (κ2) is 28.3. The number of nitrogens with zero attached hydrogens (tertiary/aromatic N) is 2. The van der Waals surface area contributed by atoms with Crippen LogP contribution < -0.4 is 62.8 Å². The molecule has 0 amide bonds. The normalized spacial score (nSPS) is 14.2. The van der Waals surface area contributed by atoms with Crippen LogP contribution in [0.1, 0.15) is 44.2 Å². The molecule has 2 aliphatic heterocycles. The van der Waals surface area contributed by atoms with Gasteiger partial charge in [-0.25, -0.2) is 0 Å². The lowest BCUT2D eigenvalue weighted by Crippen LogP contribution is -2.78. The first-order valence-corrected chi connectivity index (χ1v) is 42.8. The van der Waals surface area contributed by atoms with Gasteiger partial charge in [0.25, 0.3) is 0 Å². The van der Waals surface area contributed by atoms with Crippen LogP contribution in [-0.4, -0.2) is 27.4 Å². The third kappa shape index (κ3) is 11.7. The minimum atomic E-state index is -3.54. The first kappa shape index (κ1) is 55.6. The predicted octanol–water partition coefficient (Wildman–Crippen LogP) is 19.9. The van der Waals surface area contributed by atoms with Crippen molar-refractivity contribution in [1.29, 1.82) is 0 Å². The Bertz CT molecular complexity index is 7040. The average Bonchev–Trinajstić information content (AvgIpc) is 1.66. The molecule has 112 heavy (non-hydrogen) atoms. The van der Waals surface area contributed by atoms with E-state index in [4.69, 9.17) is 6.85 Å². The van der Waals surface area contributed by atoms with Gasteiger partial charge in [-0.15, -0.1) is 0 Å². The first-order chi connectivity index (χ1) is 60.5. The van der Waals surface area contributed by atoms with Crippen LogP contribution in [0.2, 0.25) is 0 Å². The lowest BCUT2D eigenvalue weighted by Gasteiger charge is -2.42. The number of hydrogen-bond donors (Lipinski definition) is 0. The summed E-state index contributed by atoms with van der Waals surface area (Å²) in [6.45, 7) is 6.06. The minimum absolute atomic E-state index is 0.00621. The zero-order valence-electron chi connectivity index (χ0n) is 74.8. The standard InChI is InChI=1S/C106H79BN2SSi2/c1-106(2,3)84-70-102-105-104(71-84)110-103-69-80(58-60-98(103)107(105)97-61-59-85(108-99-56-30-28-54-95(99)96-55-29-31-57-100(96)108)72-101(97)109(102)86-63-81(76-38-16-6-17-39-76)62-82(64-86)77-40-18-7-19-41-77)83-67-93(111(87-44-20-8-21-45-87,88-46-22-9-23-47-88)91-52-32-42-78(65-91)74-34-12-4-13-35-74)73-94(68-83)112(89-48-24-10-25-49-89,90-50-26-11-27-51-90)92-53-33-43-79(66-92)75-36-14-5-15-37-75/h4-73H,1-3H3/i6D,16D,17D,28D,29D,30D,31D,38D,39D,54D,55D,56D,57D. The van der Waals surface area contributed by atoms with Crippen molar-refractivity contribution in [1.82, 2.24) is 4.57 Å². The summed E-state index contributed by atoms with van der Waals surface area (Å²) in [7, 11) is -7.08. The maximum absolute atomic E-state index is 9.77. The van der Waals surface area contributed by atoms with Crippen molar-refractivity contribution in [3.8, 4) is 61.3 Å². The lowest BCUT2D eigenvalue weighted by molar-refractivity contribution is 0.589. The molecule has 2 aliphatic rings. The Hall–Kier alpha value is -12.8. The van der Waals surface area contributed by atoms with Crippen LogP contribution in [0.15, 0.2) is 434 Å². The van der Waals surface area contributed by atoms with Gasteiger partial charge >= 0.3 is 0 Å². The fraction of sp³-hybridized carbons (Fsp3) is 0.0377. The van der Waals surface area contributed by atoms with Crippen LogP contribution in [0.4, 0.5) is 17.1 Å². The number of aromatic nitrogens is 1. The number of para-hydroxylation sites is 2. The molecule has 0 unspecified atom stereocenters. The molecule has 0 atom stereocenters. The first-order valence-electron chi connectivity index (χ1n) is 44.5.